The van der Waals surface area contributed by atoms with Crippen LogP contribution in [0.2, 0.25) is 0 Å². The third-order valence-electron chi connectivity index (χ3n) is 2.42. The number of nitro benzene ring substituents is 1. The smallest absolute Gasteiger partial charge is 0.311 e. The predicted octanol–water partition coefficient (Wildman–Crippen LogP) is 0.953. The fraction of sp³-hybridized carbons (Fsp3) is 0.500. The molecule has 1 atom stereocenters. The molecule has 0 fully saturated rings. The van der Waals surface area contributed by atoms with E-state index in [1.54, 1.807) is 0 Å². The highest BCUT2D eigenvalue weighted by atomic mass is 16.6. The summed E-state index contributed by atoms with van der Waals surface area (Å²) in [6.07, 6.45) is -0.731. The van der Waals surface area contributed by atoms with E-state index in [0.29, 0.717) is 12.3 Å². The lowest BCUT2D eigenvalue weighted by Gasteiger charge is -2.13. The molecule has 0 spiro atoms. The standard InChI is InChI=1S/C12H18N2O5/c1-3-13-7-9(15)8-19-12-6-10(18-2)4-5-11(12)14(16)17/h4-6,9,13,15H,3,7-8H2,1-2H3. The molecular weight excluding hydrogens is 252 g/mol. The van der Waals surface area contributed by atoms with E-state index in [4.69, 9.17) is 9.47 Å². The number of benzene rings is 1. The molecule has 0 radical (unpaired) electrons. The van der Waals surface area contributed by atoms with Gasteiger partial charge in [0.25, 0.3) is 0 Å². The normalized spacial score (nSPS) is 11.9. The van der Waals surface area contributed by atoms with Crippen molar-refractivity contribution in [3.63, 3.8) is 0 Å². The number of ether oxygens (including phenoxy) is 2. The molecule has 7 heteroatoms. The Balaban J connectivity index is 2.72. The fourth-order valence-corrected chi connectivity index (χ4v) is 1.44. The minimum atomic E-state index is -0.731. The molecule has 1 rings (SSSR count). The van der Waals surface area contributed by atoms with Crippen molar-refractivity contribution in [3.05, 3.63) is 28.3 Å². The Bertz CT molecular complexity index is 425. The molecule has 0 saturated heterocycles. The summed E-state index contributed by atoms with van der Waals surface area (Å²) < 4.78 is 10.3. The third-order valence-corrected chi connectivity index (χ3v) is 2.42. The van der Waals surface area contributed by atoms with Gasteiger partial charge in [-0.3, -0.25) is 10.1 Å². The van der Waals surface area contributed by atoms with Gasteiger partial charge in [-0.05, 0) is 12.6 Å². The van der Waals surface area contributed by atoms with E-state index in [9.17, 15) is 15.2 Å². The molecule has 106 valence electrons. The van der Waals surface area contributed by atoms with E-state index in [2.05, 4.69) is 5.32 Å². The van der Waals surface area contributed by atoms with Crippen LogP contribution in [0.15, 0.2) is 18.2 Å². The Morgan fingerprint density at radius 1 is 1.53 bits per heavy atom. The minimum absolute atomic E-state index is 0.0268. The number of methoxy groups -OCH3 is 1. The highest BCUT2D eigenvalue weighted by molar-refractivity contribution is 5.50. The van der Waals surface area contributed by atoms with E-state index in [0.717, 1.165) is 6.54 Å². The van der Waals surface area contributed by atoms with Crippen molar-refractivity contribution < 1.29 is 19.5 Å². The molecule has 0 heterocycles. The zero-order chi connectivity index (χ0) is 14.3. The number of nitrogens with zero attached hydrogens (tertiary/aromatic N) is 1. The molecule has 0 bridgehead atoms. The Morgan fingerprint density at radius 2 is 2.26 bits per heavy atom. The van der Waals surface area contributed by atoms with Gasteiger partial charge in [-0.2, -0.15) is 0 Å². The van der Waals surface area contributed by atoms with E-state index in [-0.39, 0.29) is 18.0 Å². The second-order valence-electron chi connectivity index (χ2n) is 3.86. The topological polar surface area (TPSA) is 93.9 Å². The third kappa shape index (κ3) is 4.72. The number of likely N-dealkylation sites (N-methyl/N-ethyl adjacent to an activating group) is 1. The summed E-state index contributed by atoms with van der Waals surface area (Å²) in [5.41, 5.74) is -0.156. The molecule has 0 aromatic heterocycles. The number of nitro groups is 1. The molecule has 0 aliphatic carbocycles. The lowest BCUT2D eigenvalue weighted by Crippen LogP contribution is -2.31. The molecule has 19 heavy (non-hydrogen) atoms. The Morgan fingerprint density at radius 3 is 2.84 bits per heavy atom. The highest BCUT2D eigenvalue weighted by Crippen LogP contribution is 2.31. The lowest BCUT2D eigenvalue weighted by atomic mass is 10.2. The minimum Gasteiger partial charge on any atom is -0.497 e. The summed E-state index contributed by atoms with van der Waals surface area (Å²) in [7, 11) is 1.46. The molecule has 0 saturated carbocycles. The van der Waals surface area contributed by atoms with Crippen LogP contribution in [0.5, 0.6) is 11.5 Å². The maximum Gasteiger partial charge on any atom is 0.311 e. The van der Waals surface area contributed by atoms with Crippen molar-refractivity contribution >= 4 is 5.69 Å². The van der Waals surface area contributed by atoms with Gasteiger partial charge in [0, 0.05) is 18.7 Å². The van der Waals surface area contributed by atoms with Gasteiger partial charge < -0.3 is 19.9 Å². The van der Waals surface area contributed by atoms with Crippen molar-refractivity contribution in [2.24, 2.45) is 0 Å². The number of rotatable bonds is 8. The summed E-state index contributed by atoms with van der Waals surface area (Å²) in [6.45, 7) is 2.99. The zero-order valence-corrected chi connectivity index (χ0v) is 11.0. The quantitative estimate of drug-likeness (QED) is 0.539. The number of aliphatic hydroxyl groups excluding tert-OH is 1. The summed E-state index contributed by atoms with van der Waals surface area (Å²) in [5, 5.41) is 23.4. The molecule has 0 aliphatic heterocycles. The van der Waals surface area contributed by atoms with Crippen LogP contribution in [-0.2, 0) is 0 Å². The van der Waals surface area contributed by atoms with Crippen LogP contribution in [0.3, 0.4) is 0 Å². The highest BCUT2D eigenvalue weighted by Gasteiger charge is 2.17. The van der Waals surface area contributed by atoms with Gasteiger partial charge in [0.15, 0.2) is 0 Å². The Labute approximate surface area is 111 Å². The molecular formula is C12H18N2O5. The van der Waals surface area contributed by atoms with Crippen LogP contribution in [0.4, 0.5) is 5.69 Å². The van der Waals surface area contributed by atoms with Gasteiger partial charge in [-0.15, -0.1) is 0 Å². The van der Waals surface area contributed by atoms with Crippen molar-refractivity contribution in [2.75, 3.05) is 26.8 Å². The van der Waals surface area contributed by atoms with Gasteiger partial charge in [0.2, 0.25) is 5.75 Å². The first-order valence-corrected chi connectivity index (χ1v) is 5.92. The van der Waals surface area contributed by atoms with Crippen LogP contribution in [0.25, 0.3) is 0 Å². The van der Waals surface area contributed by atoms with Gasteiger partial charge in [-0.1, -0.05) is 6.92 Å². The first kappa shape index (κ1) is 15.2. The molecule has 0 aliphatic rings. The monoisotopic (exact) mass is 270 g/mol. The van der Waals surface area contributed by atoms with E-state index in [1.807, 2.05) is 6.92 Å². The zero-order valence-electron chi connectivity index (χ0n) is 11.0. The second kappa shape index (κ2) is 7.55. The maximum absolute atomic E-state index is 10.8. The van der Waals surface area contributed by atoms with Crippen molar-refractivity contribution in [1.82, 2.24) is 5.32 Å². The van der Waals surface area contributed by atoms with Gasteiger partial charge in [0.1, 0.15) is 18.5 Å². The van der Waals surface area contributed by atoms with Crippen molar-refractivity contribution in [1.29, 1.82) is 0 Å². The first-order valence-electron chi connectivity index (χ1n) is 5.92. The van der Waals surface area contributed by atoms with Gasteiger partial charge in [0.05, 0.1) is 12.0 Å². The summed E-state index contributed by atoms with van der Waals surface area (Å²) >= 11 is 0. The van der Waals surface area contributed by atoms with Crippen LogP contribution in [0, 0.1) is 10.1 Å². The molecule has 7 nitrogen and oxygen atoms in total. The largest absolute Gasteiger partial charge is 0.497 e. The summed E-state index contributed by atoms with van der Waals surface area (Å²) in [4.78, 5) is 10.3. The van der Waals surface area contributed by atoms with E-state index >= 15 is 0 Å². The van der Waals surface area contributed by atoms with Gasteiger partial charge >= 0.3 is 5.69 Å². The van der Waals surface area contributed by atoms with Crippen LogP contribution >= 0.6 is 0 Å². The summed E-state index contributed by atoms with van der Waals surface area (Å²) in [5.74, 6) is 0.543. The van der Waals surface area contributed by atoms with Crippen LogP contribution in [-0.4, -0.2) is 42.9 Å². The summed E-state index contributed by atoms with van der Waals surface area (Å²) in [6, 6.07) is 4.23. The van der Waals surface area contributed by atoms with Crippen LogP contribution in [0.1, 0.15) is 6.92 Å². The van der Waals surface area contributed by atoms with Crippen molar-refractivity contribution in [3.8, 4) is 11.5 Å². The maximum atomic E-state index is 10.8. The second-order valence-corrected chi connectivity index (χ2v) is 3.86. The predicted molar refractivity (Wildman–Crippen MR) is 69.7 cm³/mol. The van der Waals surface area contributed by atoms with E-state index < -0.39 is 11.0 Å². The number of nitrogens with one attached hydrogen (secondary N) is 1. The van der Waals surface area contributed by atoms with Crippen molar-refractivity contribution in [2.45, 2.75) is 13.0 Å². The molecule has 1 unspecified atom stereocenters. The van der Waals surface area contributed by atoms with Crippen LogP contribution < -0.4 is 14.8 Å². The molecule has 1 aromatic rings. The Hall–Kier alpha value is -1.86. The Kier molecular flexibility index (Phi) is 6.04. The molecule has 2 N–H and O–H groups in total. The van der Waals surface area contributed by atoms with Gasteiger partial charge in [-0.25, -0.2) is 0 Å². The molecule has 1 aromatic carbocycles. The fourth-order valence-electron chi connectivity index (χ4n) is 1.44. The van der Waals surface area contributed by atoms with E-state index in [1.165, 1.54) is 25.3 Å². The number of hydrogen-bond acceptors (Lipinski definition) is 6. The SMILES string of the molecule is CCNCC(O)COc1cc(OC)ccc1[N+](=O)[O-]. The average molecular weight is 270 g/mol. The number of aliphatic hydroxyl groups is 1. The number of hydrogen-bond donors (Lipinski definition) is 2. The average Bonchev–Trinajstić information content (AvgIpc) is 2.42. The molecule has 0 amide bonds. The lowest BCUT2D eigenvalue weighted by molar-refractivity contribution is -0.385. The first-order chi connectivity index (χ1) is 9.08.